The summed E-state index contributed by atoms with van der Waals surface area (Å²) in [5, 5.41) is 9.86. The van der Waals surface area contributed by atoms with E-state index in [1.165, 1.54) is 11.8 Å². The molecule has 2 rings (SSSR count). The van der Waals surface area contributed by atoms with Gasteiger partial charge in [-0.3, -0.25) is 0 Å². The van der Waals surface area contributed by atoms with E-state index in [0.29, 0.717) is 4.47 Å². The van der Waals surface area contributed by atoms with E-state index in [0.717, 1.165) is 18.9 Å². The number of carboxylic acid groups (broad SMARTS) is 1. The van der Waals surface area contributed by atoms with Gasteiger partial charge in [0.05, 0.1) is 10.0 Å². The number of aromatic nitrogens is 1. The number of rotatable bonds is 3. The van der Waals surface area contributed by atoms with Crippen molar-refractivity contribution >= 4 is 65.5 Å². The van der Waals surface area contributed by atoms with Gasteiger partial charge in [-0.2, -0.15) is 0 Å². The Kier molecular flexibility index (Phi) is 5.05. The average molecular weight is 468 g/mol. The standard InChI is InChI=1S/C12H6Br3NO2S/c13-6-3-10(15)11(16-5-6)19-7-1-2-9(14)8(4-7)12(17)18/h1-5H,(H,17,18). The third kappa shape index (κ3) is 3.81. The SMILES string of the molecule is O=C(O)c1cc(Sc2ncc(Br)cc2Br)ccc1Br. The number of hydrogen-bond acceptors (Lipinski definition) is 3. The van der Waals surface area contributed by atoms with Crippen molar-refractivity contribution in [3.05, 3.63) is 49.4 Å². The van der Waals surface area contributed by atoms with Crippen LogP contribution in [0, 0.1) is 0 Å². The fraction of sp³-hybridized carbons (Fsp3) is 0. The highest BCUT2D eigenvalue weighted by atomic mass is 79.9. The molecule has 0 unspecified atom stereocenters. The summed E-state index contributed by atoms with van der Waals surface area (Å²) >= 11 is 11.4. The third-order valence-electron chi connectivity index (χ3n) is 2.16. The van der Waals surface area contributed by atoms with Gasteiger partial charge in [-0.25, -0.2) is 9.78 Å². The Morgan fingerprint density at radius 2 is 1.89 bits per heavy atom. The van der Waals surface area contributed by atoms with Crippen LogP contribution < -0.4 is 0 Å². The lowest BCUT2D eigenvalue weighted by molar-refractivity contribution is 0.0695. The smallest absolute Gasteiger partial charge is 0.336 e. The van der Waals surface area contributed by atoms with Crippen LogP contribution in [-0.4, -0.2) is 16.1 Å². The highest BCUT2D eigenvalue weighted by Crippen LogP contribution is 2.34. The van der Waals surface area contributed by atoms with Crippen LogP contribution in [-0.2, 0) is 0 Å². The van der Waals surface area contributed by atoms with Crippen molar-refractivity contribution in [2.24, 2.45) is 0 Å². The maximum Gasteiger partial charge on any atom is 0.336 e. The van der Waals surface area contributed by atoms with Crippen molar-refractivity contribution in [1.29, 1.82) is 0 Å². The first kappa shape index (κ1) is 15.0. The lowest BCUT2D eigenvalue weighted by Gasteiger charge is -2.06. The van der Waals surface area contributed by atoms with Gasteiger partial charge in [0.25, 0.3) is 0 Å². The number of benzene rings is 1. The molecule has 0 aliphatic carbocycles. The second-order valence-electron chi connectivity index (χ2n) is 3.49. The fourth-order valence-corrected chi connectivity index (χ4v) is 3.76. The van der Waals surface area contributed by atoms with Gasteiger partial charge in [-0.1, -0.05) is 11.8 Å². The Balaban J connectivity index is 2.33. The molecule has 0 aliphatic rings. The second-order valence-corrected chi connectivity index (χ2v) is 7.18. The number of aromatic carboxylic acids is 1. The largest absolute Gasteiger partial charge is 0.478 e. The van der Waals surface area contributed by atoms with Gasteiger partial charge in [0.2, 0.25) is 0 Å². The molecule has 0 saturated carbocycles. The summed E-state index contributed by atoms with van der Waals surface area (Å²) in [7, 11) is 0. The minimum Gasteiger partial charge on any atom is -0.478 e. The van der Waals surface area contributed by atoms with Crippen molar-refractivity contribution in [2.45, 2.75) is 9.92 Å². The molecular weight excluding hydrogens is 462 g/mol. The summed E-state index contributed by atoms with van der Waals surface area (Å²) in [6.45, 7) is 0. The number of hydrogen-bond donors (Lipinski definition) is 1. The summed E-state index contributed by atoms with van der Waals surface area (Å²) in [6.07, 6.45) is 1.70. The zero-order valence-corrected chi connectivity index (χ0v) is 14.8. The Labute approximate surface area is 139 Å². The average Bonchev–Trinajstić information content (AvgIpc) is 2.34. The number of nitrogens with zero attached hydrogens (tertiary/aromatic N) is 1. The molecule has 1 N–H and O–H groups in total. The van der Waals surface area contributed by atoms with Crippen LogP contribution >= 0.6 is 59.6 Å². The first-order chi connectivity index (χ1) is 8.97. The van der Waals surface area contributed by atoms with Crippen LogP contribution in [0.15, 0.2) is 53.8 Å². The van der Waals surface area contributed by atoms with Crippen molar-refractivity contribution in [3.63, 3.8) is 0 Å². The third-order valence-corrected chi connectivity index (χ3v) is 5.16. The minimum atomic E-state index is -0.961. The monoisotopic (exact) mass is 465 g/mol. The Bertz CT molecular complexity index is 649. The van der Waals surface area contributed by atoms with Crippen molar-refractivity contribution < 1.29 is 9.90 Å². The van der Waals surface area contributed by atoms with Gasteiger partial charge < -0.3 is 5.11 Å². The second kappa shape index (κ2) is 6.39. The molecule has 1 heterocycles. The molecule has 0 fully saturated rings. The maximum absolute atomic E-state index is 11.1. The van der Waals surface area contributed by atoms with E-state index in [1.54, 1.807) is 18.3 Å². The van der Waals surface area contributed by atoms with E-state index >= 15 is 0 Å². The topological polar surface area (TPSA) is 50.2 Å². The Morgan fingerprint density at radius 1 is 1.16 bits per heavy atom. The Morgan fingerprint density at radius 3 is 2.53 bits per heavy atom. The van der Waals surface area contributed by atoms with Gasteiger partial charge in [-0.05, 0) is 72.1 Å². The maximum atomic E-state index is 11.1. The van der Waals surface area contributed by atoms with Crippen molar-refractivity contribution in [3.8, 4) is 0 Å². The molecule has 0 amide bonds. The summed E-state index contributed by atoms with van der Waals surface area (Å²) in [5.41, 5.74) is 0.234. The zero-order valence-electron chi connectivity index (χ0n) is 9.23. The molecule has 1 aromatic heterocycles. The van der Waals surface area contributed by atoms with Crippen LogP contribution in [0.3, 0.4) is 0 Å². The molecule has 19 heavy (non-hydrogen) atoms. The summed E-state index contributed by atoms with van der Waals surface area (Å²) in [4.78, 5) is 16.2. The summed E-state index contributed by atoms with van der Waals surface area (Å²) < 4.78 is 2.30. The Hall–Kier alpha value is -0.370. The number of carbonyl (C=O) groups is 1. The van der Waals surface area contributed by atoms with Gasteiger partial charge >= 0.3 is 5.97 Å². The van der Waals surface area contributed by atoms with E-state index in [1.807, 2.05) is 12.1 Å². The molecule has 0 spiro atoms. The van der Waals surface area contributed by atoms with E-state index in [2.05, 4.69) is 52.8 Å². The van der Waals surface area contributed by atoms with Crippen molar-refractivity contribution in [2.75, 3.05) is 0 Å². The first-order valence-electron chi connectivity index (χ1n) is 4.99. The molecule has 98 valence electrons. The van der Waals surface area contributed by atoms with Crippen LogP contribution in [0.25, 0.3) is 0 Å². The number of carboxylic acids is 1. The molecule has 7 heteroatoms. The molecule has 2 aromatic rings. The van der Waals surface area contributed by atoms with E-state index < -0.39 is 5.97 Å². The molecule has 0 saturated heterocycles. The van der Waals surface area contributed by atoms with Crippen LogP contribution in [0.4, 0.5) is 0 Å². The molecule has 0 atom stereocenters. The summed E-state index contributed by atoms with van der Waals surface area (Å²) in [5.74, 6) is -0.961. The lowest BCUT2D eigenvalue weighted by atomic mass is 10.2. The number of pyridine rings is 1. The van der Waals surface area contributed by atoms with E-state index in [9.17, 15) is 4.79 Å². The lowest BCUT2D eigenvalue weighted by Crippen LogP contribution is -1.97. The van der Waals surface area contributed by atoms with Gasteiger partial charge in [-0.15, -0.1) is 0 Å². The zero-order chi connectivity index (χ0) is 14.0. The van der Waals surface area contributed by atoms with Crippen LogP contribution in [0.5, 0.6) is 0 Å². The molecular formula is C12H6Br3NO2S. The molecule has 0 aliphatic heterocycles. The van der Waals surface area contributed by atoms with Crippen LogP contribution in [0.1, 0.15) is 10.4 Å². The predicted molar refractivity (Wildman–Crippen MR) is 84.9 cm³/mol. The minimum absolute atomic E-state index is 0.234. The normalized spacial score (nSPS) is 10.5. The van der Waals surface area contributed by atoms with Crippen LogP contribution in [0.2, 0.25) is 0 Å². The van der Waals surface area contributed by atoms with Crippen molar-refractivity contribution in [1.82, 2.24) is 4.98 Å². The van der Waals surface area contributed by atoms with Gasteiger partial charge in [0, 0.05) is 20.0 Å². The predicted octanol–water partition coefficient (Wildman–Crippen LogP) is 5.22. The number of halogens is 3. The first-order valence-corrected chi connectivity index (χ1v) is 8.18. The van der Waals surface area contributed by atoms with E-state index in [4.69, 9.17) is 5.11 Å². The fourth-order valence-electron chi connectivity index (χ4n) is 1.32. The van der Waals surface area contributed by atoms with Gasteiger partial charge in [0.15, 0.2) is 0 Å². The molecule has 0 radical (unpaired) electrons. The summed E-state index contributed by atoms with van der Waals surface area (Å²) in [6, 6.07) is 7.08. The molecule has 1 aromatic carbocycles. The highest BCUT2D eigenvalue weighted by molar-refractivity contribution is 9.11. The van der Waals surface area contributed by atoms with E-state index in [-0.39, 0.29) is 5.56 Å². The molecule has 3 nitrogen and oxygen atoms in total. The molecule has 0 bridgehead atoms. The van der Waals surface area contributed by atoms with Gasteiger partial charge in [0.1, 0.15) is 5.03 Å². The quantitative estimate of drug-likeness (QED) is 0.672. The highest BCUT2D eigenvalue weighted by Gasteiger charge is 2.11.